The van der Waals surface area contributed by atoms with Gasteiger partial charge in [-0.1, -0.05) is 44.2 Å². The molecular weight excluding hydrogens is 424 g/mol. The average molecular weight is 449 g/mol. The number of allylic oxidation sites excluding steroid dienone is 3. The lowest BCUT2D eigenvalue weighted by molar-refractivity contribution is -0.118. The van der Waals surface area contributed by atoms with Gasteiger partial charge in [0, 0.05) is 23.4 Å². The first-order chi connectivity index (χ1) is 15.0. The first-order valence-corrected chi connectivity index (χ1v) is 11.7. The quantitative estimate of drug-likeness (QED) is 0.741. The van der Waals surface area contributed by atoms with Crippen molar-refractivity contribution in [1.82, 2.24) is 0 Å². The van der Waals surface area contributed by atoms with Crippen LogP contribution in [-0.4, -0.2) is 14.2 Å². The van der Waals surface area contributed by atoms with Crippen molar-refractivity contribution in [2.75, 3.05) is 4.90 Å². The fourth-order valence-electron chi connectivity index (χ4n) is 4.57. The number of carbonyl (C=O) groups is 1. The number of nitriles is 1. The SMILES string of the molecule is CC1(C)CC(=O)C2=C(C1)N(c1ccc(S(N)(=O)=O)cc1)C(N)=C(C#N)[C@@H]2c1ccccc1. The normalized spacial score (nSPS) is 20.8. The molecule has 4 N–H and O–H groups in total. The van der Waals surface area contributed by atoms with Crippen molar-refractivity contribution in [1.29, 1.82) is 5.26 Å². The summed E-state index contributed by atoms with van der Waals surface area (Å²) in [6.45, 7) is 4.04. The first-order valence-electron chi connectivity index (χ1n) is 10.2. The Morgan fingerprint density at radius 1 is 1.06 bits per heavy atom. The summed E-state index contributed by atoms with van der Waals surface area (Å²) in [6.07, 6.45) is 0.944. The van der Waals surface area contributed by atoms with Crippen molar-refractivity contribution in [2.45, 2.75) is 37.5 Å². The van der Waals surface area contributed by atoms with Crippen LogP contribution in [0, 0.1) is 16.7 Å². The Kier molecular flexibility index (Phi) is 5.19. The lowest BCUT2D eigenvalue weighted by atomic mass is 9.68. The van der Waals surface area contributed by atoms with Gasteiger partial charge in [-0.25, -0.2) is 13.6 Å². The molecule has 164 valence electrons. The Labute approximate surface area is 187 Å². The second kappa shape index (κ2) is 7.62. The molecule has 1 aliphatic heterocycles. The maximum Gasteiger partial charge on any atom is 0.238 e. The first kappa shape index (κ1) is 21.8. The van der Waals surface area contributed by atoms with Gasteiger partial charge in [0.2, 0.25) is 10.0 Å². The largest absolute Gasteiger partial charge is 0.384 e. The van der Waals surface area contributed by atoms with Gasteiger partial charge in [0.15, 0.2) is 5.78 Å². The lowest BCUT2D eigenvalue weighted by Gasteiger charge is -2.43. The van der Waals surface area contributed by atoms with Crippen LogP contribution in [0.2, 0.25) is 0 Å². The zero-order valence-corrected chi connectivity index (χ0v) is 18.7. The van der Waals surface area contributed by atoms with Gasteiger partial charge in [0.25, 0.3) is 0 Å². The second-order valence-electron chi connectivity index (χ2n) is 8.93. The molecule has 0 radical (unpaired) electrons. The standard InChI is InChI=1S/C24H24N4O3S/c1-24(2)12-19-22(20(29)13-24)21(15-6-4-3-5-7-15)18(14-25)23(26)28(19)16-8-10-17(11-9-16)32(27,30)31/h3-11,21H,12-13,26H2,1-2H3,(H2,27,30,31)/t21-/m0/s1. The Morgan fingerprint density at radius 3 is 2.25 bits per heavy atom. The van der Waals surface area contributed by atoms with Crippen molar-refractivity contribution >= 4 is 21.5 Å². The Hall–Kier alpha value is -3.41. The van der Waals surface area contributed by atoms with Crippen LogP contribution in [0.25, 0.3) is 0 Å². The molecule has 1 atom stereocenters. The van der Waals surface area contributed by atoms with E-state index in [1.54, 1.807) is 17.0 Å². The summed E-state index contributed by atoms with van der Waals surface area (Å²) >= 11 is 0. The fraction of sp³-hybridized carbons (Fsp3) is 0.250. The number of Topliss-reactive ketones (excluding diaryl/α,β-unsaturated/α-hetero) is 1. The van der Waals surface area contributed by atoms with Crippen LogP contribution in [0.1, 0.15) is 38.2 Å². The van der Waals surface area contributed by atoms with Gasteiger partial charge in [-0.05, 0) is 41.7 Å². The number of ketones is 1. The van der Waals surface area contributed by atoms with E-state index in [4.69, 9.17) is 10.9 Å². The minimum atomic E-state index is -3.86. The van der Waals surface area contributed by atoms with Crippen molar-refractivity contribution in [3.05, 3.63) is 82.8 Å². The van der Waals surface area contributed by atoms with E-state index in [1.807, 2.05) is 44.2 Å². The van der Waals surface area contributed by atoms with Crippen molar-refractivity contribution in [3.8, 4) is 6.07 Å². The zero-order chi connectivity index (χ0) is 23.3. The van der Waals surface area contributed by atoms with Gasteiger partial charge < -0.3 is 5.73 Å². The van der Waals surface area contributed by atoms with Crippen LogP contribution in [-0.2, 0) is 14.8 Å². The molecule has 0 amide bonds. The summed E-state index contributed by atoms with van der Waals surface area (Å²) in [5.74, 6) is -0.329. The summed E-state index contributed by atoms with van der Waals surface area (Å²) in [4.78, 5) is 15.1. The molecule has 0 saturated heterocycles. The van der Waals surface area contributed by atoms with Crippen LogP contribution >= 0.6 is 0 Å². The molecule has 0 aromatic heterocycles. The van der Waals surface area contributed by atoms with E-state index in [1.165, 1.54) is 12.1 Å². The lowest BCUT2D eigenvalue weighted by Crippen LogP contribution is -2.42. The molecule has 0 bridgehead atoms. The van der Waals surface area contributed by atoms with E-state index in [0.717, 1.165) is 11.3 Å². The van der Waals surface area contributed by atoms with Gasteiger partial charge >= 0.3 is 0 Å². The number of benzene rings is 2. The minimum absolute atomic E-state index is 0.0171. The Bertz CT molecular complexity index is 1300. The molecule has 1 aliphatic carbocycles. The zero-order valence-electron chi connectivity index (χ0n) is 17.9. The van der Waals surface area contributed by atoms with Gasteiger partial charge in [0.05, 0.1) is 22.5 Å². The number of nitrogens with zero attached hydrogens (tertiary/aromatic N) is 2. The molecule has 0 unspecified atom stereocenters. The number of sulfonamides is 1. The predicted molar refractivity (Wildman–Crippen MR) is 121 cm³/mol. The van der Waals surface area contributed by atoms with Crippen LogP contribution in [0.4, 0.5) is 5.69 Å². The third kappa shape index (κ3) is 3.70. The van der Waals surface area contributed by atoms with E-state index in [2.05, 4.69) is 6.07 Å². The highest BCUT2D eigenvalue weighted by atomic mass is 32.2. The minimum Gasteiger partial charge on any atom is -0.384 e. The van der Waals surface area contributed by atoms with Gasteiger partial charge in [-0.3, -0.25) is 9.69 Å². The van der Waals surface area contributed by atoms with E-state index in [-0.39, 0.29) is 21.9 Å². The molecule has 0 spiro atoms. The summed E-state index contributed by atoms with van der Waals surface area (Å²) in [5.41, 5.74) is 9.25. The third-order valence-electron chi connectivity index (χ3n) is 5.94. The summed E-state index contributed by atoms with van der Waals surface area (Å²) < 4.78 is 23.3. The maximum absolute atomic E-state index is 13.4. The molecule has 7 nitrogen and oxygen atoms in total. The van der Waals surface area contributed by atoms with Crippen molar-refractivity contribution in [3.63, 3.8) is 0 Å². The smallest absolute Gasteiger partial charge is 0.238 e. The van der Waals surface area contributed by atoms with Gasteiger partial charge in [-0.15, -0.1) is 0 Å². The van der Waals surface area contributed by atoms with E-state index >= 15 is 0 Å². The molecule has 8 heteroatoms. The molecule has 2 aromatic carbocycles. The number of hydrogen-bond donors (Lipinski definition) is 2. The molecule has 0 fully saturated rings. The molecule has 1 heterocycles. The summed E-state index contributed by atoms with van der Waals surface area (Å²) in [7, 11) is -3.86. The molecular formula is C24H24N4O3S. The Morgan fingerprint density at radius 2 is 1.69 bits per heavy atom. The van der Waals surface area contributed by atoms with Gasteiger partial charge in [0.1, 0.15) is 5.82 Å². The number of carbonyl (C=O) groups excluding carboxylic acids is 1. The van der Waals surface area contributed by atoms with E-state index in [0.29, 0.717) is 29.7 Å². The highest BCUT2D eigenvalue weighted by Gasteiger charge is 2.44. The number of primary sulfonamides is 1. The highest BCUT2D eigenvalue weighted by Crippen LogP contribution is 2.50. The van der Waals surface area contributed by atoms with Crippen LogP contribution < -0.4 is 15.8 Å². The number of rotatable bonds is 3. The average Bonchev–Trinajstić information content (AvgIpc) is 2.72. The van der Waals surface area contributed by atoms with E-state index < -0.39 is 15.9 Å². The van der Waals surface area contributed by atoms with Crippen molar-refractivity contribution < 1.29 is 13.2 Å². The summed E-state index contributed by atoms with van der Waals surface area (Å²) in [5, 5.41) is 15.3. The van der Waals surface area contributed by atoms with Crippen molar-refractivity contribution in [2.24, 2.45) is 16.3 Å². The molecule has 0 saturated carbocycles. The van der Waals surface area contributed by atoms with Gasteiger partial charge in [-0.2, -0.15) is 5.26 Å². The van der Waals surface area contributed by atoms with Crippen LogP contribution in [0.5, 0.6) is 0 Å². The molecule has 4 rings (SSSR count). The van der Waals surface area contributed by atoms with E-state index in [9.17, 15) is 18.5 Å². The molecule has 2 aliphatic rings. The predicted octanol–water partition coefficient (Wildman–Crippen LogP) is 3.27. The van der Waals surface area contributed by atoms with Crippen LogP contribution in [0.3, 0.4) is 0 Å². The van der Waals surface area contributed by atoms with Crippen LogP contribution in [0.15, 0.2) is 82.2 Å². The number of hydrogen-bond acceptors (Lipinski definition) is 6. The topological polar surface area (TPSA) is 130 Å². The third-order valence-corrected chi connectivity index (χ3v) is 6.87. The molecule has 2 aromatic rings. The molecule has 32 heavy (non-hydrogen) atoms. The maximum atomic E-state index is 13.4. The number of nitrogens with two attached hydrogens (primary N) is 2. The Balaban J connectivity index is 1.96. The number of anilines is 1. The fourth-order valence-corrected chi connectivity index (χ4v) is 5.08. The highest BCUT2D eigenvalue weighted by molar-refractivity contribution is 7.89. The monoisotopic (exact) mass is 448 g/mol. The summed E-state index contributed by atoms with van der Waals surface area (Å²) in [6, 6.07) is 17.6. The second-order valence-corrected chi connectivity index (χ2v) is 10.5.